The number of hydrogen-bond donors (Lipinski definition) is 0. The molecule has 0 aromatic carbocycles. The van der Waals surface area contributed by atoms with Gasteiger partial charge in [-0.1, -0.05) is 20.8 Å². The first kappa shape index (κ1) is 10.7. The van der Waals surface area contributed by atoms with Gasteiger partial charge in [-0.05, 0) is 11.8 Å². The van der Waals surface area contributed by atoms with Crippen molar-refractivity contribution < 1.29 is 4.79 Å². The number of nitrogens with zero attached hydrogens (tertiary/aromatic N) is 1. The molecule has 0 bridgehead atoms. The Morgan fingerprint density at radius 2 is 1.77 bits per heavy atom. The van der Waals surface area contributed by atoms with Gasteiger partial charge in [0.15, 0.2) is 0 Å². The molecular weight excluding hydrogens is 162 g/mol. The molecule has 1 fully saturated rings. The topological polar surface area (TPSA) is 20.3 Å². The molecule has 1 rings (SSSR count). The van der Waals surface area contributed by atoms with Gasteiger partial charge in [-0.25, -0.2) is 0 Å². The Balaban J connectivity index is 2.26. The van der Waals surface area contributed by atoms with Gasteiger partial charge in [-0.15, -0.1) is 0 Å². The summed E-state index contributed by atoms with van der Waals surface area (Å²) in [5, 5.41) is 0. The maximum absolute atomic E-state index is 11.0. The Bertz CT molecular complexity index is 167. The van der Waals surface area contributed by atoms with E-state index in [9.17, 15) is 4.79 Å². The van der Waals surface area contributed by atoms with Crippen LogP contribution in [0.1, 0.15) is 33.6 Å². The number of carbonyl (C=O) groups is 1. The van der Waals surface area contributed by atoms with Crippen LogP contribution in [0.4, 0.5) is 0 Å². The van der Waals surface area contributed by atoms with Crippen LogP contribution in [0, 0.1) is 11.8 Å². The zero-order chi connectivity index (χ0) is 9.84. The highest BCUT2D eigenvalue weighted by Gasteiger charge is 2.18. The van der Waals surface area contributed by atoms with Crippen LogP contribution in [0.15, 0.2) is 0 Å². The summed E-state index contributed by atoms with van der Waals surface area (Å²) in [5.74, 6) is 1.93. The van der Waals surface area contributed by atoms with Crippen LogP contribution in [-0.2, 0) is 4.79 Å². The zero-order valence-electron chi connectivity index (χ0n) is 9.05. The lowest BCUT2D eigenvalue weighted by atomic mass is 9.96. The van der Waals surface area contributed by atoms with E-state index in [4.69, 9.17) is 0 Å². The maximum atomic E-state index is 11.0. The summed E-state index contributed by atoms with van der Waals surface area (Å²) < 4.78 is 0. The zero-order valence-corrected chi connectivity index (χ0v) is 9.05. The molecule has 0 N–H and O–H groups in total. The quantitative estimate of drug-likeness (QED) is 0.666. The first-order valence-electron chi connectivity index (χ1n) is 5.33. The molecule has 2 nitrogen and oxygen atoms in total. The number of Topliss-reactive ketones (excluding diaryl/α,β-unsaturated/α-hetero) is 1. The van der Waals surface area contributed by atoms with E-state index < -0.39 is 0 Å². The molecule has 0 saturated carbocycles. The number of ketones is 1. The summed E-state index contributed by atoms with van der Waals surface area (Å²) in [6, 6.07) is 0. The number of hydrogen-bond acceptors (Lipinski definition) is 2. The van der Waals surface area contributed by atoms with E-state index in [1.165, 1.54) is 0 Å². The van der Waals surface area contributed by atoms with E-state index in [0.29, 0.717) is 5.78 Å². The van der Waals surface area contributed by atoms with Crippen molar-refractivity contribution in [3.63, 3.8) is 0 Å². The molecule has 1 atom stereocenters. The highest BCUT2D eigenvalue weighted by molar-refractivity contribution is 5.79. The van der Waals surface area contributed by atoms with Gasteiger partial charge in [0.2, 0.25) is 0 Å². The minimum Gasteiger partial charge on any atom is -0.302 e. The van der Waals surface area contributed by atoms with Crippen molar-refractivity contribution in [2.75, 3.05) is 19.6 Å². The lowest BCUT2D eigenvalue weighted by molar-refractivity contribution is -0.121. The Morgan fingerprint density at radius 3 is 2.23 bits per heavy atom. The first-order valence-corrected chi connectivity index (χ1v) is 5.33. The van der Waals surface area contributed by atoms with E-state index >= 15 is 0 Å². The van der Waals surface area contributed by atoms with Crippen LogP contribution < -0.4 is 0 Å². The highest BCUT2D eigenvalue weighted by Crippen LogP contribution is 2.14. The molecule has 1 aliphatic rings. The van der Waals surface area contributed by atoms with E-state index in [1.54, 1.807) is 0 Å². The second-order valence-electron chi connectivity index (χ2n) is 4.56. The predicted octanol–water partition coefficient (Wildman–Crippen LogP) is 1.94. The van der Waals surface area contributed by atoms with Crippen molar-refractivity contribution >= 4 is 5.78 Å². The predicted molar refractivity (Wildman–Crippen MR) is 54.7 cm³/mol. The minimum atomic E-state index is 0.438. The Morgan fingerprint density at radius 1 is 1.23 bits per heavy atom. The summed E-state index contributed by atoms with van der Waals surface area (Å²) in [6.07, 6.45) is 1.54. The molecule has 1 aliphatic heterocycles. The highest BCUT2D eigenvalue weighted by atomic mass is 16.1. The van der Waals surface area contributed by atoms with Crippen molar-refractivity contribution in [2.45, 2.75) is 33.6 Å². The smallest absolute Gasteiger partial charge is 0.135 e. The van der Waals surface area contributed by atoms with Gasteiger partial charge in [-0.2, -0.15) is 0 Å². The SMILES string of the molecule is CC(C)C(C)CN1CCC(=O)CC1. The van der Waals surface area contributed by atoms with Crippen LogP contribution >= 0.6 is 0 Å². The third-order valence-electron chi connectivity index (χ3n) is 3.10. The third kappa shape index (κ3) is 3.47. The van der Waals surface area contributed by atoms with Gasteiger partial charge in [-0.3, -0.25) is 4.79 Å². The molecule has 0 radical (unpaired) electrons. The minimum absolute atomic E-state index is 0.438. The Labute approximate surface area is 81.3 Å². The van der Waals surface area contributed by atoms with Crippen molar-refractivity contribution in [3.05, 3.63) is 0 Å². The van der Waals surface area contributed by atoms with Crippen molar-refractivity contribution in [1.29, 1.82) is 0 Å². The molecule has 1 unspecified atom stereocenters. The molecule has 2 heteroatoms. The molecule has 0 amide bonds. The second kappa shape index (κ2) is 4.75. The monoisotopic (exact) mass is 183 g/mol. The molecule has 0 aromatic heterocycles. The van der Waals surface area contributed by atoms with Crippen LogP contribution in [0.3, 0.4) is 0 Å². The van der Waals surface area contributed by atoms with E-state index in [-0.39, 0.29) is 0 Å². The summed E-state index contributed by atoms with van der Waals surface area (Å²) in [5.41, 5.74) is 0. The molecule has 0 aliphatic carbocycles. The fraction of sp³-hybridized carbons (Fsp3) is 0.909. The van der Waals surface area contributed by atoms with Gasteiger partial charge in [0.05, 0.1) is 0 Å². The van der Waals surface area contributed by atoms with E-state index in [0.717, 1.165) is 44.3 Å². The molecule has 1 saturated heterocycles. The molecule has 76 valence electrons. The second-order valence-corrected chi connectivity index (χ2v) is 4.56. The van der Waals surface area contributed by atoms with Crippen LogP contribution in [0.2, 0.25) is 0 Å². The molecule has 0 spiro atoms. The van der Waals surface area contributed by atoms with Crippen molar-refractivity contribution in [3.8, 4) is 0 Å². The van der Waals surface area contributed by atoms with Gasteiger partial charge in [0, 0.05) is 32.5 Å². The fourth-order valence-corrected chi connectivity index (χ4v) is 1.60. The Kier molecular flexibility index (Phi) is 3.91. The number of carbonyl (C=O) groups excluding carboxylic acids is 1. The summed E-state index contributed by atoms with van der Waals surface area (Å²) in [7, 11) is 0. The normalized spacial score (nSPS) is 22.3. The molecule has 0 aromatic rings. The standard InChI is InChI=1S/C11H21NO/c1-9(2)10(3)8-12-6-4-11(13)5-7-12/h9-10H,4-8H2,1-3H3. The number of likely N-dealkylation sites (tertiary alicyclic amines) is 1. The average molecular weight is 183 g/mol. The molecule has 1 heterocycles. The molecule has 13 heavy (non-hydrogen) atoms. The molecular formula is C11H21NO. The van der Waals surface area contributed by atoms with Crippen LogP contribution in [-0.4, -0.2) is 30.3 Å². The van der Waals surface area contributed by atoms with Gasteiger partial charge in [0.25, 0.3) is 0 Å². The number of piperidine rings is 1. The average Bonchev–Trinajstić information content (AvgIpc) is 2.08. The summed E-state index contributed by atoms with van der Waals surface area (Å²) >= 11 is 0. The first-order chi connectivity index (χ1) is 6.09. The van der Waals surface area contributed by atoms with Gasteiger partial charge >= 0.3 is 0 Å². The van der Waals surface area contributed by atoms with Gasteiger partial charge in [0.1, 0.15) is 5.78 Å². The van der Waals surface area contributed by atoms with E-state index in [1.807, 2.05) is 0 Å². The van der Waals surface area contributed by atoms with Crippen LogP contribution in [0.5, 0.6) is 0 Å². The van der Waals surface area contributed by atoms with E-state index in [2.05, 4.69) is 25.7 Å². The van der Waals surface area contributed by atoms with Crippen molar-refractivity contribution in [1.82, 2.24) is 4.90 Å². The maximum Gasteiger partial charge on any atom is 0.135 e. The van der Waals surface area contributed by atoms with Crippen molar-refractivity contribution in [2.24, 2.45) is 11.8 Å². The fourth-order valence-electron chi connectivity index (χ4n) is 1.60. The van der Waals surface area contributed by atoms with Gasteiger partial charge < -0.3 is 4.90 Å². The largest absolute Gasteiger partial charge is 0.302 e. The summed E-state index contributed by atoms with van der Waals surface area (Å²) in [6.45, 7) is 9.94. The lowest BCUT2D eigenvalue weighted by Crippen LogP contribution is -2.37. The third-order valence-corrected chi connectivity index (χ3v) is 3.10. The number of rotatable bonds is 3. The Hall–Kier alpha value is -0.370. The summed E-state index contributed by atoms with van der Waals surface area (Å²) in [4.78, 5) is 13.4. The lowest BCUT2D eigenvalue weighted by Gasteiger charge is -2.29. The van der Waals surface area contributed by atoms with Crippen LogP contribution in [0.25, 0.3) is 0 Å².